The third kappa shape index (κ3) is 2.41. The number of hydrogen-bond acceptors (Lipinski definition) is 5. The van der Waals surface area contributed by atoms with Crippen LogP contribution in [0.15, 0.2) is 48.8 Å². The molecule has 0 aliphatic carbocycles. The molecule has 0 spiro atoms. The van der Waals surface area contributed by atoms with Crippen LogP contribution in [0.5, 0.6) is 0 Å². The van der Waals surface area contributed by atoms with E-state index in [9.17, 15) is 0 Å². The maximum atomic E-state index is 5.67. The van der Waals surface area contributed by atoms with E-state index in [0.717, 1.165) is 16.6 Å². The molecule has 0 unspecified atom stereocenters. The van der Waals surface area contributed by atoms with Gasteiger partial charge in [0, 0.05) is 17.3 Å². The van der Waals surface area contributed by atoms with E-state index in [1.807, 2.05) is 30.3 Å². The highest BCUT2D eigenvalue weighted by Crippen LogP contribution is 2.21. The molecular weight excluding hydrogens is 270 g/mol. The smallest absolute Gasteiger partial charge is 0.163 e. The van der Waals surface area contributed by atoms with E-state index >= 15 is 0 Å². The van der Waals surface area contributed by atoms with Gasteiger partial charge in [0.05, 0.1) is 17.3 Å². The topological polar surface area (TPSA) is 76.7 Å². The summed E-state index contributed by atoms with van der Waals surface area (Å²) >= 11 is 5.00. The van der Waals surface area contributed by atoms with Crippen LogP contribution >= 0.6 is 12.2 Å². The van der Waals surface area contributed by atoms with Gasteiger partial charge in [-0.2, -0.15) is 5.10 Å². The highest BCUT2D eigenvalue weighted by atomic mass is 32.1. The molecule has 0 amide bonds. The fourth-order valence-electron chi connectivity index (χ4n) is 1.91. The minimum atomic E-state index is 0.282. The molecule has 2 heterocycles. The van der Waals surface area contributed by atoms with Crippen LogP contribution in [0.2, 0.25) is 0 Å². The summed E-state index contributed by atoms with van der Waals surface area (Å²) in [6.07, 6.45) is 3.33. The van der Waals surface area contributed by atoms with Crippen LogP contribution in [0.25, 0.3) is 10.9 Å². The first-order valence-corrected chi connectivity index (χ1v) is 6.38. The first kappa shape index (κ1) is 12.4. The summed E-state index contributed by atoms with van der Waals surface area (Å²) in [5, 5.41) is 12.1. The molecule has 0 bridgehead atoms. The van der Waals surface area contributed by atoms with Crippen molar-refractivity contribution in [3.05, 3.63) is 54.4 Å². The number of rotatable bonds is 3. The Labute approximate surface area is 120 Å². The SMILES string of the molecule is NC(=S)c1ccnnc1Nc1ccc2ncccc2c1. The maximum absolute atomic E-state index is 5.67. The Morgan fingerprint density at radius 3 is 2.90 bits per heavy atom. The van der Waals surface area contributed by atoms with E-state index < -0.39 is 0 Å². The number of aromatic nitrogens is 3. The highest BCUT2D eigenvalue weighted by Gasteiger charge is 2.07. The predicted octanol–water partition coefficient (Wildman–Crippen LogP) is 2.40. The van der Waals surface area contributed by atoms with E-state index in [2.05, 4.69) is 20.5 Å². The Morgan fingerprint density at radius 2 is 2.05 bits per heavy atom. The fraction of sp³-hybridized carbons (Fsp3) is 0. The van der Waals surface area contributed by atoms with Crippen LogP contribution in [0.3, 0.4) is 0 Å². The molecule has 3 N–H and O–H groups in total. The molecule has 1 aromatic carbocycles. The Bertz CT molecular complexity index is 787. The molecule has 0 saturated heterocycles. The third-order valence-electron chi connectivity index (χ3n) is 2.85. The minimum Gasteiger partial charge on any atom is -0.389 e. The van der Waals surface area contributed by atoms with Crippen molar-refractivity contribution in [1.82, 2.24) is 15.2 Å². The van der Waals surface area contributed by atoms with E-state index in [1.165, 1.54) is 0 Å². The second kappa shape index (κ2) is 5.18. The van der Waals surface area contributed by atoms with Gasteiger partial charge in [-0.25, -0.2) is 0 Å². The van der Waals surface area contributed by atoms with Crippen LogP contribution in [0.4, 0.5) is 11.5 Å². The molecule has 0 aliphatic heterocycles. The van der Waals surface area contributed by atoms with Crippen molar-refractivity contribution in [2.24, 2.45) is 5.73 Å². The summed E-state index contributed by atoms with van der Waals surface area (Å²) in [4.78, 5) is 4.56. The second-order valence-electron chi connectivity index (χ2n) is 4.19. The number of benzene rings is 1. The summed E-state index contributed by atoms with van der Waals surface area (Å²) in [6.45, 7) is 0. The van der Waals surface area contributed by atoms with Crippen molar-refractivity contribution in [3.63, 3.8) is 0 Å². The van der Waals surface area contributed by atoms with E-state index in [1.54, 1.807) is 18.5 Å². The molecule has 2 aromatic heterocycles. The molecule has 3 rings (SSSR count). The molecule has 3 aromatic rings. The molecule has 0 fully saturated rings. The first-order chi connectivity index (χ1) is 9.74. The van der Waals surface area contributed by atoms with Gasteiger partial charge in [0.15, 0.2) is 5.82 Å². The monoisotopic (exact) mass is 281 g/mol. The lowest BCUT2D eigenvalue weighted by Gasteiger charge is -2.09. The molecule has 20 heavy (non-hydrogen) atoms. The van der Waals surface area contributed by atoms with Crippen molar-refractivity contribution in [1.29, 1.82) is 0 Å². The van der Waals surface area contributed by atoms with E-state index in [0.29, 0.717) is 11.4 Å². The summed E-state index contributed by atoms with van der Waals surface area (Å²) in [5.41, 5.74) is 8.16. The fourth-order valence-corrected chi connectivity index (χ4v) is 2.08. The quantitative estimate of drug-likeness (QED) is 0.718. The molecule has 6 heteroatoms. The van der Waals surface area contributed by atoms with Crippen molar-refractivity contribution >= 4 is 39.6 Å². The number of thiocarbonyl (C=S) groups is 1. The lowest BCUT2D eigenvalue weighted by molar-refractivity contribution is 1.03. The number of hydrogen-bond donors (Lipinski definition) is 2. The van der Waals surface area contributed by atoms with Gasteiger partial charge >= 0.3 is 0 Å². The standard InChI is InChI=1S/C14H11N5S/c15-13(20)11-5-7-17-19-14(11)18-10-3-4-12-9(8-10)2-1-6-16-12/h1-8H,(H2,15,20)(H,18,19). The van der Waals surface area contributed by atoms with Gasteiger partial charge in [-0.05, 0) is 30.3 Å². The van der Waals surface area contributed by atoms with Crippen LogP contribution in [0.1, 0.15) is 5.56 Å². The van der Waals surface area contributed by atoms with Gasteiger partial charge in [0.25, 0.3) is 0 Å². The number of fused-ring (bicyclic) bond motifs is 1. The van der Waals surface area contributed by atoms with Crippen molar-refractivity contribution in [2.45, 2.75) is 0 Å². The predicted molar refractivity (Wildman–Crippen MR) is 82.9 cm³/mol. The zero-order chi connectivity index (χ0) is 13.9. The average molecular weight is 281 g/mol. The molecule has 5 nitrogen and oxygen atoms in total. The summed E-state index contributed by atoms with van der Waals surface area (Å²) in [7, 11) is 0. The molecule has 0 atom stereocenters. The normalized spacial score (nSPS) is 10.4. The van der Waals surface area contributed by atoms with Gasteiger partial charge in [-0.15, -0.1) is 5.10 Å². The highest BCUT2D eigenvalue weighted by molar-refractivity contribution is 7.80. The van der Waals surface area contributed by atoms with Gasteiger partial charge in [0.1, 0.15) is 4.99 Å². The number of nitrogens with zero attached hydrogens (tertiary/aromatic N) is 3. The van der Waals surface area contributed by atoms with Crippen molar-refractivity contribution < 1.29 is 0 Å². The number of nitrogens with two attached hydrogens (primary N) is 1. The largest absolute Gasteiger partial charge is 0.389 e. The lowest BCUT2D eigenvalue weighted by Crippen LogP contribution is -2.13. The number of nitrogens with one attached hydrogen (secondary N) is 1. The zero-order valence-corrected chi connectivity index (χ0v) is 11.3. The first-order valence-electron chi connectivity index (χ1n) is 5.97. The van der Waals surface area contributed by atoms with E-state index in [-0.39, 0.29) is 4.99 Å². The number of anilines is 2. The van der Waals surface area contributed by atoms with Gasteiger partial charge in [-0.1, -0.05) is 18.3 Å². The van der Waals surface area contributed by atoms with Crippen molar-refractivity contribution in [2.75, 3.05) is 5.32 Å². The summed E-state index contributed by atoms with van der Waals surface area (Å²) < 4.78 is 0. The summed E-state index contributed by atoms with van der Waals surface area (Å²) in [6, 6.07) is 11.5. The third-order valence-corrected chi connectivity index (χ3v) is 3.07. The average Bonchev–Trinajstić information content (AvgIpc) is 2.47. The zero-order valence-electron chi connectivity index (χ0n) is 10.4. The van der Waals surface area contributed by atoms with E-state index in [4.69, 9.17) is 18.0 Å². The maximum Gasteiger partial charge on any atom is 0.163 e. The molecular formula is C14H11N5S. The molecule has 0 aliphatic rings. The lowest BCUT2D eigenvalue weighted by atomic mass is 10.2. The second-order valence-corrected chi connectivity index (χ2v) is 4.63. The van der Waals surface area contributed by atoms with Gasteiger partial charge in [-0.3, -0.25) is 4.98 Å². The Hall–Kier alpha value is -2.60. The van der Waals surface area contributed by atoms with Crippen LogP contribution < -0.4 is 11.1 Å². The Balaban J connectivity index is 1.99. The number of pyridine rings is 1. The minimum absolute atomic E-state index is 0.282. The van der Waals surface area contributed by atoms with Gasteiger partial charge < -0.3 is 11.1 Å². The summed E-state index contributed by atoms with van der Waals surface area (Å²) in [5.74, 6) is 0.545. The molecule has 98 valence electrons. The molecule has 0 saturated carbocycles. The van der Waals surface area contributed by atoms with Crippen LogP contribution in [-0.2, 0) is 0 Å². The van der Waals surface area contributed by atoms with Crippen LogP contribution in [0, 0.1) is 0 Å². The van der Waals surface area contributed by atoms with Crippen LogP contribution in [-0.4, -0.2) is 20.2 Å². The van der Waals surface area contributed by atoms with Gasteiger partial charge in [0.2, 0.25) is 0 Å². The Kier molecular flexibility index (Phi) is 3.22. The molecule has 0 radical (unpaired) electrons. The Morgan fingerprint density at radius 1 is 1.15 bits per heavy atom. The van der Waals surface area contributed by atoms with Crippen molar-refractivity contribution in [3.8, 4) is 0 Å².